The number of aryl methyl sites for hydroxylation is 2. The molecule has 0 fully saturated rings. The van der Waals surface area contributed by atoms with Crippen molar-refractivity contribution >= 4 is 34.9 Å². The lowest BCUT2D eigenvalue weighted by Gasteiger charge is -2.06. The van der Waals surface area contributed by atoms with Crippen LogP contribution in [-0.4, -0.2) is 34.0 Å². The largest absolute Gasteiger partial charge is 0.454 e. The normalized spacial score (nSPS) is 10.5. The maximum atomic E-state index is 12.3. The lowest BCUT2D eigenvalue weighted by molar-refractivity contribution is -0.114. The van der Waals surface area contributed by atoms with Gasteiger partial charge in [0.25, 0.3) is 0 Å². The van der Waals surface area contributed by atoms with Gasteiger partial charge in [-0.3, -0.25) is 14.3 Å². The van der Waals surface area contributed by atoms with Crippen molar-refractivity contribution < 1.29 is 19.1 Å². The standard InChI is InChI=1S/C19H22ClN3O4/c1-4-5-10-23-18(20)17(12(2)22-23)19(26)27-11-16(25)14-6-8-15(9-7-14)21-13(3)24/h6-9H,4-5,10-11H2,1-3H3,(H,21,24). The van der Waals surface area contributed by atoms with Crippen LogP contribution < -0.4 is 5.32 Å². The van der Waals surface area contributed by atoms with E-state index >= 15 is 0 Å². The minimum atomic E-state index is -0.677. The zero-order valence-corrected chi connectivity index (χ0v) is 16.3. The fourth-order valence-electron chi connectivity index (χ4n) is 2.47. The number of unbranched alkanes of at least 4 members (excludes halogenated alkanes) is 1. The first kappa shape index (κ1) is 20.6. The van der Waals surface area contributed by atoms with E-state index < -0.39 is 12.6 Å². The molecule has 0 spiro atoms. The predicted octanol–water partition coefficient (Wildman–Crippen LogP) is 3.64. The molecule has 2 aromatic rings. The predicted molar refractivity (Wildman–Crippen MR) is 102 cm³/mol. The number of carbonyl (C=O) groups excluding carboxylic acids is 3. The lowest BCUT2D eigenvalue weighted by atomic mass is 10.1. The Morgan fingerprint density at radius 1 is 1.22 bits per heavy atom. The number of nitrogens with one attached hydrogen (secondary N) is 1. The van der Waals surface area contributed by atoms with Crippen molar-refractivity contribution in [2.75, 3.05) is 11.9 Å². The van der Waals surface area contributed by atoms with Crippen LogP contribution in [0.3, 0.4) is 0 Å². The van der Waals surface area contributed by atoms with E-state index in [1.54, 1.807) is 35.9 Å². The highest BCUT2D eigenvalue weighted by Crippen LogP contribution is 2.21. The number of nitrogens with zero attached hydrogens (tertiary/aromatic N) is 2. The number of ketones is 1. The zero-order valence-electron chi connectivity index (χ0n) is 15.5. The molecule has 8 heteroatoms. The minimum Gasteiger partial charge on any atom is -0.454 e. The van der Waals surface area contributed by atoms with Gasteiger partial charge in [0.05, 0.1) is 5.69 Å². The molecule has 0 bridgehead atoms. The van der Waals surface area contributed by atoms with Crippen molar-refractivity contribution in [3.05, 3.63) is 46.2 Å². The highest BCUT2D eigenvalue weighted by Gasteiger charge is 2.22. The Morgan fingerprint density at radius 2 is 1.89 bits per heavy atom. The van der Waals surface area contributed by atoms with Crippen LogP contribution in [0.1, 0.15) is 53.1 Å². The molecule has 7 nitrogen and oxygen atoms in total. The number of anilines is 1. The first-order chi connectivity index (χ1) is 12.8. The molecule has 27 heavy (non-hydrogen) atoms. The van der Waals surface area contributed by atoms with E-state index in [4.69, 9.17) is 16.3 Å². The van der Waals surface area contributed by atoms with Crippen LogP contribution in [0, 0.1) is 6.92 Å². The molecule has 1 N–H and O–H groups in total. The summed E-state index contributed by atoms with van der Waals surface area (Å²) in [5.41, 5.74) is 1.60. The highest BCUT2D eigenvalue weighted by molar-refractivity contribution is 6.32. The fraction of sp³-hybridized carbons (Fsp3) is 0.368. The van der Waals surface area contributed by atoms with Crippen molar-refractivity contribution in [1.82, 2.24) is 9.78 Å². The second-order valence-electron chi connectivity index (χ2n) is 6.09. The average Bonchev–Trinajstić information content (AvgIpc) is 2.91. The molecule has 1 amide bonds. The van der Waals surface area contributed by atoms with Gasteiger partial charge in [0.2, 0.25) is 5.91 Å². The number of hydrogen-bond donors (Lipinski definition) is 1. The van der Waals surface area contributed by atoms with E-state index in [2.05, 4.69) is 10.4 Å². The number of aromatic nitrogens is 2. The van der Waals surface area contributed by atoms with Gasteiger partial charge in [-0.1, -0.05) is 24.9 Å². The molecule has 1 aromatic heterocycles. The van der Waals surface area contributed by atoms with Crippen molar-refractivity contribution in [3.8, 4) is 0 Å². The Balaban J connectivity index is 2.00. The summed E-state index contributed by atoms with van der Waals surface area (Å²) in [6, 6.07) is 6.33. The van der Waals surface area contributed by atoms with E-state index in [9.17, 15) is 14.4 Å². The molecule has 0 unspecified atom stereocenters. The molecule has 144 valence electrons. The third-order valence-corrected chi connectivity index (χ3v) is 4.24. The van der Waals surface area contributed by atoms with Crippen LogP contribution in [0.5, 0.6) is 0 Å². The van der Waals surface area contributed by atoms with E-state index in [1.807, 2.05) is 6.92 Å². The van der Waals surface area contributed by atoms with Crippen LogP contribution in [0.15, 0.2) is 24.3 Å². The number of esters is 1. The average molecular weight is 392 g/mol. The minimum absolute atomic E-state index is 0.182. The van der Waals surface area contributed by atoms with Gasteiger partial charge in [-0.05, 0) is 37.6 Å². The zero-order chi connectivity index (χ0) is 20.0. The van der Waals surface area contributed by atoms with Gasteiger partial charge in [-0.2, -0.15) is 5.10 Å². The van der Waals surface area contributed by atoms with E-state index in [0.717, 1.165) is 12.8 Å². The summed E-state index contributed by atoms with van der Waals surface area (Å²) in [5.74, 6) is -1.23. The first-order valence-electron chi connectivity index (χ1n) is 8.64. The summed E-state index contributed by atoms with van der Waals surface area (Å²) < 4.78 is 6.69. The number of halogens is 1. The fourth-order valence-corrected chi connectivity index (χ4v) is 2.81. The van der Waals surface area contributed by atoms with Crippen molar-refractivity contribution in [2.24, 2.45) is 0 Å². The first-order valence-corrected chi connectivity index (χ1v) is 9.02. The van der Waals surface area contributed by atoms with Crippen LogP contribution in [0.2, 0.25) is 5.15 Å². The quantitative estimate of drug-likeness (QED) is 0.548. The van der Waals surface area contributed by atoms with Crippen LogP contribution in [0.4, 0.5) is 5.69 Å². The molecule has 0 atom stereocenters. The van der Waals surface area contributed by atoms with Crippen molar-refractivity contribution in [2.45, 2.75) is 40.2 Å². The maximum Gasteiger partial charge on any atom is 0.343 e. The number of amides is 1. The van der Waals surface area contributed by atoms with E-state index in [1.165, 1.54) is 6.92 Å². The molecular formula is C19H22ClN3O4. The van der Waals surface area contributed by atoms with Gasteiger partial charge in [0.1, 0.15) is 10.7 Å². The Morgan fingerprint density at radius 3 is 2.48 bits per heavy atom. The van der Waals surface area contributed by atoms with Gasteiger partial charge in [-0.15, -0.1) is 0 Å². The molecular weight excluding hydrogens is 370 g/mol. The Bertz CT molecular complexity index is 843. The second-order valence-corrected chi connectivity index (χ2v) is 6.44. The van der Waals surface area contributed by atoms with E-state index in [-0.39, 0.29) is 22.4 Å². The topological polar surface area (TPSA) is 90.3 Å². The number of hydrogen-bond acceptors (Lipinski definition) is 5. The number of Topliss-reactive ketones (excluding diaryl/α,β-unsaturated/α-hetero) is 1. The number of ether oxygens (including phenoxy) is 1. The summed E-state index contributed by atoms with van der Waals surface area (Å²) in [5, 5.41) is 7.08. The third kappa shape index (κ3) is 5.40. The maximum absolute atomic E-state index is 12.3. The van der Waals surface area contributed by atoms with Gasteiger partial charge < -0.3 is 10.1 Å². The third-order valence-electron chi connectivity index (χ3n) is 3.85. The molecule has 0 aliphatic heterocycles. The summed E-state index contributed by atoms with van der Waals surface area (Å²) in [4.78, 5) is 35.5. The van der Waals surface area contributed by atoms with Crippen molar-refractivity contribution in [3.63, 3.8) is 0 Å². The Kier molecular flexibility index (Phi) is 7.12. The summed E-state index contributed by atoms with van der Waals surface area (Å²) in [6.07, 6.45) is 1.87. The number of benzene rings is 1. The van der Waals surface area contributed by atoms with Gasteiger partial charge in [0.15, 0.2) is 12.4 Å². The molecule has 1 aromatic carbocycles. The number of rotatable bonds is 8. The van der Waals surface area contributed by atoms with Crippen molar-refractivity contribution in [1.29, 1.82) is 0 Å². The summed E-state index contributed by atoms with van der Waals surface area (Å²) >= 11 is 6.23. The lowest BCUT2D eigenvalue weighted by Crippen LogP contribution is -2.15. The number of carbonyl (C=O) groups is 3. The summed E-state index contributed by atoms with van der Waals surface area (Å²) in [6.45, 7) is 5.33. The molecule has 0 aliphatic carbocycles. The van der Waals surface area contributed by atoms with Crippen LogP contribution >= 0.6 is 11.6 Å². The SMILES string of the molecule is CCCCn1nc(C)c(C(=O)OCC(=O)c2ccc(NC(C)=O)cc2)c1Cl. The Labute approximate surface area is 162 Å². The molecule has 2 rings (SSSR count). The van der Waals surface area contributed by atoms with Gasteiger partial charge >= 0.3 is 5.97 Å². The monoisotopic (exact) mass is 391 g/mol. The highest BCUT2D eigenvalue weighted by atomic mass is 35.5. The second kappa shape index (κ2) is 9.32. The van der Waals surface area contributed by atoms with E-state index in [0.29, 0.717) is 23.5 Å². The molecule has 1 heterocycles. The van der Waals surface area contributed by atoms with Crippen LogP contribution in [0.25, 0.3) is 0 Å². The Hall–Kier alpha value is -2.67. The summed E-state index contributed by atoms with van der Waals surface area (Å²) in [7, 11) is 0. The van der Waals surface area contributed by atoms with Gasteiger partial charge in [-0.25, -0.2) is 4.79 Å². The van der Waals surface area contributed by atoms with Gasteiger partial charge in [0, 0.05) is 24.7 Å². The van der Waals surface area contributed by atoms with Crippen LogP contribution in [-0.2, 0) is 16.1 Å². The molecule has 0 saturated carbocycles. The molecule has 0 radical (unpaired) electrons. The molecule has 0 saturated heterocycles. The molecule has 0 aliphatic rings. The smallest absolute Gasteiger partial charge is 0.343 e.